The number of carboxylic acid groups (broad SMARTS) is 1. The maximum absolute atomic E-state index is 14.3. The summed E-state index contributed by atoms with van der Waals surface area (Å²) in [5.41, 5.74) is -0.393. The molecule has 0 unspecified atom stereocenters. The highest BCUT2D eigenvalue weighted by molar-refractivity contribution is 6.05. The molecule has 194 valence electrons. The van der Waals surface area contributed by atoms with E-state index in [-0.39, 0.29) is 23.2 Å². The number of fused-ring (bicyclic) bond motifs is 2. The van der Waals surface area contributed by atoms with Gasteiger partial charge in [-0.25, -0.2) is 13.5 Å². The maximum atomic E-state index is 14.3. The first-order chi connectivity index (χ1) is 18.0. The highest BCUT2D eigenvalue weighted by Gasteiger charge is 2.34. The third-order valence-electron chi connectivity index (χ3n) is 6.35. The average molecular weight is 527 g/mol. The summed E-state index contributed by atoms with van der Waals surface area (Å²) in [6, 6.07) is 12.7. The second kappa shape index (κ2) is 9.09. The zero-order valence-corrected chi connectivity index (χ0v) is 19.7. The van der Waals surface area contributed by atoms with Gasteiger partial charge in [0.2, 0.25) is 0 Å². The van der Waals surface area contributed by atoms with Gasteiger partial charge in [0.15, 0.2) is 0 Å². The van der Waals surface area contributed by atoms with Crippen LogP contribution in [0, 0.1) is 18.6 Å². The molecule has 5 rings (SSSR count). The Morgan fingerprint density at radius 3 is 2.34 bits per heavy atom. The minimum atomic E-state index is -4.87. The molecule has 0 saturated carbocycles. The highest BCUT2D eigenvalue weighted by atomic mass is 19.4. The number of aliphatic carboxylic acids is 1. The lowest BCUT2D eigenvalue weighted by atomic mass is 10.0. The Morgan fingerprint density at radius 2 is 1.68 bits per heavy atom. The van der Waals surface area contributed by atoms with E-state index in [0.717, 1.165) is 10.7 Å². The zero-order valence-electron chi connectivity index (χ0n) is 19.7. The molecule has 0 fully saturated rings. The van der Waals surface area contributed by atoms with E-state index in [1.54, 1.807) is 31.2 Å². The minimum absolute atomic E-state index is 0.0717. The number of carbonyl (C=O) groups is 1. The molecule has 5 aromatic rings. The summed E-state index contributed by atoms with van der Waals surface area (Å²) in [5, 5.41) is 14.9. The number of carboxylic acids is 1. The van der Waals surface area contributed by atoms with Crippen LogP contribution in [0.1, 0.15) is 16.8 Å². The van der Waals surface area contributed by atoms with Crippen LogP contribution in [0.15, 0.2) is 65.5 Å². The van der Waals surface area contributed by atoms with Crippen molar-refractivity contribution in [3.8, 4) is 11.3 Å². The normalized spacial score (nSPS) is 11.9. The number of rotatable bonds is 5. The largest absolute Gasteiger partial charge is 0.480 e. The van der Waals surface area contributed by atoms with E-state index in [4.69, 9.17) is 0 Å². The van der Waals surface area contributed by atoms with E-state index in [1.165, 1.54) is 22.8 Å². The monoisotopic (exact) mass is 527 g/mol. The van der Waals surface area contributed by atoms with Gasteiger partial charge in [-0.15, -0.1) is 0 Å². The van der Waals surface area contributed by atoms with Crippen LogP contribution < -0.4 is 5.56 Å². The van der Waals surface area contributed by atoms with Gasteiger partial charge in [-0.1, -0.05) is 24.3 Å². The van der Waals surface area contributed by atoms with Gasteiger partial charge in [-0.2, -0.15) is 18.3 Å². The topological polar surface area (TPSA) is 77.1 Å². The van der Waals surface area contributed by atoms with Gasteiger partial charge in [-0.05, 0) is 48.9 Å². The Hall–Kier alpha value is -4.54. The van der Waals surface area contributed by atoms with Crippen LogP contribution in [0.5, 0.6) is 0 Å². The lowest BCUT2D eigenvalue weighted by Gasteiger charge is -2.13. The Labute approximate surface area is 211 Å². The van der Waals surface area contributed by atoms with Crippen molar-refractivity contribution in [1.29, 1.82) is 0 Å². The van der Waals surface area contributed by atoms with Crippen molar-refractivity contribution in [2.75, 3.05) is 0 Å². The summed E-state index contributed by atoms with van der Waals surface area (Å²) in [5.74, 6) is -3.16. The van der Waals surface area contributed by atoms with Crippen LogP contribution in [-0.2, 0) is 24.1 Å². The van der Waals surface area contributed by atoms with E-state index in [2.05, 4.69) is 5.10 Å². The van der Waals surface area contributed by atoms with Crippen molar-refractivity contribution in [2.45, 2.75) is 26.2 Å². The molecule has 3 aromatic carbocycles. The number of nitrogens with zero attached hydrogens (tertiary/aromatic N) is 3. The predicted molar refractivity (Wildman–Crippen MR) is 130 cm³/mol. The fraction of sp³-hybridized carbons (Fsp3) is 0.148. The van der Waals surface area contributed by atoms with E-state index >= 15 is 0 Å². The third kappa shape index (κ3) is 4.29. The molecule has 38 heavy (non-hydrogen) atoms. The molecule has 6 nitrogen and oxygen atoms in total. The summed E-state index contributed by atoms with van der Waals surface area (Å²) < 4.78 is 70.0. The molecule has 0 spiro atoms. The molecule has 0 saturated heterocycles. The Balaban J connectivity index is 1.76. The van der Waals surface area contributed by atoms with E-state index in [9.17, 15) is 36.6 Å². The summed E-state index contributed by atoms with van der Waals surface area (Å²) in [6.45, 7) is 0.899. The molecular formula is C27H18F5N3O3. The number of benzene rings is 3. The second-order valence-electron chi connectivity index (χ2n) is 8.77. The molecule has 0 amide bonds. The quantitative estimate of drug-likeness (QED) is 0.295. The Morgan fingerprint density at radius 1 is 0.974 bits per heavy atom. The highest BCUT2D eigenvalue weighted by Crippen LogP contribution is 2.37. The van der Waals surface area contributed by atoms with Crippen LogP contribution in [0.2, 0.25) is 0 Å². The van der Waals surface area contributed by atoms with Gasteiger partial charge in [0.25, 0.3) is 5.56 Å². The fourth-order valence-electron chi connectivity index (χ4n) is 4.68. The van der Waals surface area contributed by atoms with E-state index in [1.807, 2.05) is 0 Å². The third-order valence-corrected chi connectivity index (χ3v) is 6.35. The molecular weight excluding hydrogens is 509 g/mol. The molecule has 2 aromatic heterocycles. The van der Waals surface area contributed by atoms with Crippen LogP contribution in [-0.4, -0.2) is 25.4 Å². The predicted octanol–water partition coefficient (Wildman–Crippen LogP) is 5.76. The Kier molecular flexibility index (Phi) is 6.01. The van der Waals surface area contributed by atoms with Gasteiger partial charge in [0.1, 0.15) is 23.9 Å². The SMILES string of the molecule is Cc1c(-c2nn(Cc3ccc(C(F)(F)F)c(F)c3)c(=O)c3ccccc23)c2cc(F)ccc2n1CC(=O)O. The zero-order chi connectivity index (χ0) is 27.4. The van der Waals surface area contributed by atoms with Gasteiger partial charge >= 0.3 is 12.1 Å². The van der Waals surface area contributed by atoms with Gasteiger partial charge < -0.3 is 9.67 Å². The smallest absolute Gasteiger partial charge is 0.419 e. The molecule has 0 aliphatic carbocycles. The molecule has 0 aliphatic rings. The molecule has 11 heteroatoms. The first-order valence-corrected chi connectivity index (χ1v) is 11.3. The molecule has 2 heterocycles. The van der Waals surface area contributed by atoms with E-state index in [0.29, 0.717) is 39.7 Å². The van der Waals surface area contributed by atoms with Crippen LogP contribution in [0.4, 0.5) is 22.0 Å². The first-order valence-electron chi connectivity index (χ1n) is 11.3. The molecule has 0 atom stereocenters. The van der Waals surface area contributed by atoms with Crippen molar-refractivity contribution >= 4 is 27.6 Å². The second-order valence-corrected chi connectivity index (χ2v) is 8.77. The van der Waals surface area contributed by atoms with Crippen molar-refractivity contribution in [3.05, 3.63) is 99.5 Å². The number of hydrogen-bond acceptors (Lipinski definition) is 3. The lowest BCUT2D eigenvalue weighted by Crippen LogP contribution is -2.24. The summed E-state index contributed by atoms with van der Waals surface area (Å²) in [4.78, 5) is 24.8. The minimum Gasteiger partial charge on any atom is -0.480 e. The fourth-order valence-corrected chi connectivity index (χ4v) is 4.68. The molecule has 0 bridgehead atoms. The number of halogens is 5. The molecule has 0 radical (unpaired) electrons. The van der Waals surface area contributed by atoms with Crippen molar-refractivity contribution < 1.29 is 31.9 Å². The summed E-state index contributed by atoms with van der Waals surface area (Å²) in [7, 11) is 0. The number of hydrogen-bond donors (Lipinski definition) is 1. The van der Waals surface area contributed by atoms with Crippen LogP contribution in [0.3, 0.4) is 0 Å². The maximum Gasteiger partial charge on any atom is 0.419 e. The summed E-state index contributed by atoms with van der Waals surface area (Å²) in [6.07, 6.45) is -4.87. The van der Waals surface area contributed by atoms with Gasteiger partial charge in [0, 0.05) is 27.5 Å². The van der Waals surface area contributed by atoms with Crippen molar-refractivity contribution in [3.63, 3.8) is 0 Å². The van der Waals surface area contributed by atoms with Gasteiger partial charge in [-0.3, -0.25) is 9.59 Å². The number of alkyl halides is 3. The average Bonchev–Trinajstić information content (AvgIpc) is 3.10. The van der Waals surface area contributed by atoms with Crippen molar-refractivity contribution in [2.24, 2.45) is 0 Å². The van der Waals surface area contributed by atoms with Crippen LogP contribution in [0.25, 0.3) is 32.9 Å². The number of aromatic nitrogens is 3. The molecule has 0 aliphatic heterocycles. The molecule has 1 N–H and O–H groups in total. The standard InChI is InChI=1S/C27H18F5N3O3/c1-14-24(19-11-16(28)7-9-22(19)34(14)13-23(36)37)25-17-4-2-3-5-18(17)26(38)35(33-25)12-15-6-8-20(21(29)10-15)27(30,31)32/h2-11H,12-13H2,1H3,(H,36,37). The van der Waals surface area contributed by atoms with Gasteiger partial charge in [0.05, 0.1) is 17.5 Å². The van der Waals surface area contributed by atoms with Crippen LogP contribution >= 0.6 is 0 Å². The Bertz CT molecular complexity index is 1800. The first kappa shape index (κ1) is 25.1. The van der Waals surface area contributed by atoms with Crippen molar-refractivity contribution in [1.82, 2.24) is 14.3 Å². The summed E-state index contributed by atoms with van der Waals surface area (Å²) >= 11 is 0. The van der Waals surface area contributed by atoms with E-state index < -0.39 is 41.4 Å². The lowest BCUT2D eigenvalue weighted by molar-refractivity contribution is -0.140.